The van der Waals surface area contributed by atoms with Gasteiger partial charge in [0.2, 0.25) is 11.8 Å². The molecule has 2 aromatic carbocycles. The van der Waals surface area contributed by atoms with Crippen LogP contribution in [0.1, 0.15) is 36.2 Å². The molecule has 0 saturated heterocycles. The Balaban J connectivity index is 1.97. The number of carbonyl (C=O) groups is 3. The van der Waals surface area contributed by atoms with Crippen molar-refractivity contribution in [3.05, 3.63) is 65.2 Å². The van der Waals surface area contributed by atoms with Gasteiger partial charge in [0.15, 0.2) is 11.6 Å². The lowest BCUT2D eigenvalue weighted by molar-refractivity contribution is -0.125. The van der Waals surface area contributed by atoms with E-state index < -0.39 is 29.5 Å². The van der Waals surface area contributed by atoms with Gasteiger partial charge in [-0.1, -0.05) is 32.0 Å². The Morgan fingerprint density at radius 3 is 2.33 bits per heavy atom. The van der Waals surface area contributed by atoms with Crippen LogP contribution < -0.4 is 16.0 Å². The van der Waals surface area contributed by atoms with Crippen molar-refractivity contribution in [2.45, 2.75) is 33.2 Å². The van der Waals surface area contributed by atoms with Crippen LogP contribution in [-0.4, -0.2) is 30.3 Å². The van der Waals surface area contributed by atoms with Gasteiger partial charge in [0, 0.05) is 17.3 Å². The molecule has 3 amide bonds. The van der Waals surface area contributed by atoms with Crippen LogP contribution >= 0.6 is 0 Å². The molecule has 0 aliphatic heterocycles. The van der Waals surface area contributed by atoms with Crippen LogP contribution in [-0.2, 0) is 9.59 Å². The quantitative estimate of drug-likeness (QED) is 0.617. The van der Waals surface area contributed by atoms with E-state index in [9.17, 15) is 23.2 Å². The van der Waals surface area contributed by atoms with Crippen LogP contribution in [0, 0.1) is 24.5 Å². The first-order valence-electron chi connectivity index (χ1n) is 9.56. The van der Waals surface area contributed by atoms with Crippen molar-refractivity contribution in [3.8, 4) is 0 Å². The molecule has 1 atom stereocenters. The summed E-state index contributed by atoms with van der Waals surface area (Å²) in [6.07, 6.45) is 0.383. The largest absolute Gasteiger partial charge is 0.345 e. The Hall–Kier alpha value is -3.29. The average molecular weight is 417 g/mol. The molecule has 2 aromatic rings. The second kappa shape index (κ2) is 10.5. The zero-order valence-corrected chi connectivity index (χ0v) is 17.1. The first-order valence-corrected chi connectivity index (χ1v) is 9.56. The van der Waals surface area contributed by atoms with Crippen LogP contribution in [0.2, 0.25) is 0 Å². The van der Waals surface area contributed by atoms with E-state index in [1.54, 1.807) is 25.1 Å². The van der Waals surface area contributed by atoms with Gasteiger partial charge in [-0.2, -0.15) is 0 Å². The summed E-state index contributed by atoms with van der Waals surface area (Å²) in [7, 11) is 0. The second-order valence-electron chi connectivity index (χ2n) is 7.37. The molecule has 0 bridgehead atoms. The summed E-state index contributed by atoms with van der Waals surface area (Å²) in [6, 6.07) is 9.15. The molecule has 0 radical (unpaired) electrons. The van der Waals surface area contributed by atoms with Crippen molar-refractivity contribution >= 4 is 23.4 Å². The molecule has 30 heavy (non-hydrogen) atoms. The molecule has 0 saturated carbocycles. The average Bonchev–Trinajstić information content (AvgIpc) is 2.68. The molecule has 160 valence electrons. The summed E-state index contributed by atoms with van der Waals surface area (Å²) in [4.78, 5) is 37.2. The zero-order valence-electron chi connectivity index (χ0n) is 17.1. The van der Waals surface area contributed by atoms with Crippen LogP contribution in [0.25, 0.3) is 0 Å². The molecule has 2 rings (SSSR count). The molecule has 8 heteroatoms. The van der Waals surface area contributed by atoms with Gasteiger partial charge < -0.3 is 16.0 Å². The first-order chi connectivity index (χ1) is 14.2. The zero-order chi connectivity index (χ0) is 22.3. The summed E-state index contributed by atoms with van der Waals surface area (Å²) in [5, 5.41) is 7.56. The number of benzene rings is 2. The summed E-state index contributed by atoms with van der Waals surface area (Å²) in [5.41, 5.74) is 1.32. The third-order valence-corrected chi connectivity index (χ3v) is 4.35. The molecule has 1 unspecified atom stereocenters. The van der Waals surface area contributed by atoms with E-state index in [0.717, 1.165) is 17.7 Å². The van der Waals surface area contributed by atoms with Crippen molar-refractivity contribution in [1.82, 2.24) is 10.6 Å². The Bertz CT molecular complexity index is 932. The lowest BCUT2D eigenvalue weighted by Crippen LogP contribution is -2.49. The van der Waals surface area contributed by atoms with Gasteiger partial charge in [-0.3, -0.25) is 14.4 Å². The van der Waals surface area contributed by atoms with Gasteiger partial charge in [-0.05, 0) is 43.0 Å². The number of hydrogen-bond acceptors (Lipinski definition) is 3. The van der Waals surface area contributed by atoms with E-state index in [1.807, 2.05) is 19.9 Å². The molecule has 3 N–H and O–H groups in total. The second-order valence-corrected chi connectivity index (χ2v) is 7.37. The fraction of sp³-hybridized carbons (Fsp3) is 0.318. The van der Waals surface area contributed by atoms with E-state index >= 15 is 0 Å². The maximum atomic E-state index is 13.2. The molecule has 0 aliphatic rings. The van der Waals surface area contributed by atoms with Gasteiger partial charge in [-0.15, -0.1) is 0 Å². The van der Waals surface area contributed by atoms with Crippen molar-refractivity contribution in [3.63, 3.8) is 0 Å². The number of nitrogens with one attached hydrogen (secondary N) is 3. The van der Waals surface area contributed by atoms with Crippen LogP contribution in [0.4, 0.5) is 14.5 Å². The van der Waals surface area contributed by atoms with E-state index in [2.05, 4.69) is 16.0 Å². The maximum absolute atomic E-state index is 13.2. The Kier molecular flexibility index (Phi) is 8.03. The van der Waals surface area contributed by atoms with Gasteiger partial charge in [0.25, 0.3) is 5.91 Å². The number of amides is 3. The molecular formula is C22H25F2N3O3. The summed E-state index contributed by atoms with van der Waals surface area (Å²) in [6.45, 7) is 5.24. The predicted octanol–water partition coefficient (Wildman–Crippen LogP) is 3.17. The van der Waals surface area contributed by atoms with Crippen LogP contribution in [0.15, 0.2) is 42.5 Å². The minimum Gasteiger partial charge on any atom is -0.345 e. The van der Waals surface area contributed by atoms with E-state index in [4.69, 9.17) is 0 Å². The molecule has 0 spiro atoms. The van der Waals surface area contributed by atoms with Crippen LogP contribution in [0.5, 0.6) is 0 Å². The summed E-state index contributed by atoms with van der Waals surface area (Å²) >= 11 is 0. The number of anilines is 1. The Labute approximate surface area is 174 Å². The number of hydrogen-bond donors (Lipinski definition) is 3. The van der Waals surface area contributed by atoms with Gasteiger partial charge in [0.1, 0.15) is 6.04 Å². The fourth-order valence-corrected chi connectivity index (χ4v) is 2.84. The maximum Gasteiger partial charge on any atom is 0.252 e. The summed E-state index contributed by atoms with van der Waals surface area (Å²) < 4.78 is 26.2. The lowest BCUT2D eigenvalue weighted by Gasteiger charge is -2.20. The van der Waals surface area contributed by atoms with Crippen molar-refractivity contribution in [2.75, 3.05) is 11.9 Å². The molecule has 6 nitrogen and oxygen atoms in total. The molecular weight excluding hydrogens is 392 g/mol. The topological polar surface area (TPSA) is 87.3 Å². The molecule has 0 heterocycles. The number of aryl methyl sites for hydroxylation is 1. The number of rotatable bonds is 8. The standard InChI is InChI=1S/C22H25F2N3O3/c1-13(2)10-19(27-21(29)16-7-5-4-6-14(16)3)22(30)25-12-20(28)26-15-8-9-17(23)18(24)11-15/h4-9,11,13,19H,10,12H2,1-3H3,(H,25,30)(H,26,28)(H,27,29). The highest BCUT2D eigenvalue weighted by atomic mass is 19.2. The van der Waals surface area contributed by atoms with Gasteiger partial charge >= 0.3 is 0 Å². The third kappa shape index (κ3) is 6.65. The van der Waals surface area contributed by atoms with Gasteiger partial charge in [0.05, 0.1) is 6.54 Å². The molecule has 0 fully saturated rings. The third-order valence-electron chi connectivity index (χ3n) is 4.35. The van der Waals surface area contributed by atoms with E-state index in [1.165, 1.54) is 6.07 Å². The molecule has 0 aliphatic carbocycles. The minimum atomic E-state index is -1.09. The highest BCUT2D eigenvalue weighted by Gasteiger charge is 2.23. The number of halogens is 2. The normalized spacial score (nSPS) is 11.7. The predicted molar refractivity (Wildman–Crippen MR) is 110 cm³/mol. The Morgan fingerprint density at radius 2 is 1.70 bits per heavy atom. The highest BCUT2D eigenvalue weighted by molar-refractivity contribution is 5.99. The van der Waals surface area contributed by atoms with Crippen molar-refractivity contribution in [1.29, 1.82) is 0 Å². The highest BCUT2D eigenvalue weighted by Crippen LogP contribution is 2.13. The SMILES string of the molecule is Cc1ccccc1C(=O)NC(CC(C)C)C(=O)NCC(=O)Nc1ccc(F)c(F)c1. The van der Waals surface area contributed by atoms with E-state index in [-0.39, 0.29) is 24.1 Å². The lowest BCUT2D eigenvalue weighted by atomic mass is 10.0. The van der Waals surface area contributed by atoms with Gasteiger partial charge in [-0.25, -0.2) is 8.78 Å². The van der Waals surface area contributed by atoms with E-state index in [0.29, 0.717) is 12.0 Å². The van der Waals surface area contributed by atoms with Crippen molar-refractivity contribution < 1.29 is 23.2 Å². The summed E-state index contributed by atoms with van der Waals surface area (Å²) in [5.74, 6) is -3.49. The Morgan fingerprint density at radius 1 is 1.00 bits per heavy atom. The van der Waals surface area contributed by atoms with Crippen molar-refractivity contribution in [2.24, 2.45) is 5.92 Å². The number of carbonyl (C=O) groups excluding carboxylic acids is 3. The minimum absolute atomic E-state index is 0.0692. The first kappa shape index (κ1) is 23.0. The smallest absolute Gasteiger partial charge is 0.252 e. The fourth-order valence-electron chi connectivity index (χ4n) is 2.84. The monoisotopic (exact) mass is 417 g/mol. The molecule has 0 aromatic heterocycles. The van der Waals surface area contributed by atoms with Crippen LogP contribution in [0.3, 0.4) is 0 Å².